The van der Waals surface area contributed by atoms with E-state index >= 15 is 0 Å². The van der Waals surface area contributed by atoms with Crippen molar-refractivity contribution in [3.63, 3.8) is 0 Å². The Bertz CT molecular complexity index is 371. The lowest BCUT2D eigenvalue weighted by Gasteiger charge is -2.31. The van der Waals surface area contributed by atoms with Gasteiger partial charge in [0.1, 0.15) is 0 Å². The minimum Gasteiger partial charge on any atom is -0.324 e. The molecule has 0 unspecified atom stereocenters. The first-order chi connectivity index (χ1) is 8.29. The maximum absolute atomic E-state index is 11.9. The summed E-state index contributed by atoms with van der Waals surface area (Å²) in [4.78, 5) is 21.6. The van der Waals surface area contributed by atoms with E-state index in [9.17, 15) is 4.79 Å². The zero-order chi connectivity index (χ0) is 12.1. The number of hydrogen-bond donors (Lipinski definition) is 2. The summed E-state index contributed by atoms with van der Waals surface area (Å²) in [5.74, 6) is 0.494. The first-order valence-corrected chi connectivity index (χ1v) is 5.79. The molecule has 0 radical (unpaired) electrons. The highest BCUT2D eigenvalue weighted by molar-refractivity contribution is 5.88. The second-order valence-corrected chi connectivity index (χ2v) is 4.07. The van der Waals surface area contributed by atoms with E-state index in [1.165, 1.54) is 6.20 Å². The third-order valence-corrected chi connectivity index (χ3v) is 2.99. The summed E-state index contributed by atoms with van der Waals surface area (Å²) in [5.41, 5.74) is 0. The molecular weight excluding hydrogens is 289 g/mol. The summed E-state index contributed by atoms with van der Waals surface area (Å²) in [6, 6.07) is 0.427. The molecule has 19 heavy (non-hydrogen) atoms. The Morgan fingerprint density at radius 1 is 1.32 bits per heavy atom. The summed E-state index contributed by atoms with van der Waals surface area (Å²) in [6.45, 7) is 1.55. The van der Waals surface area contributed by atoms with Crippen LogP contribution in [0.5, 0.6) is 0 Å². The van der Waals surface area contributed by atoms with E-state index < -0.39 is 0 Å². The van der Waals surface area contributed by atoms with Crippen LogP contribution in [0.3, 0.4) is 0 Å². The zero-order valence-corrected chi connectivity index (χ0v) is 12.3. The van der Waals surface area contributed by atoms with E-state index in [2.05, 4.69) is 20.6 Å². The Morgan fingerprint density at radius 3 is 2.53 bits per heavy atom. The molecule has 1 saturated heterocycles. The maximum atomic E-state index is 11.9. The first kappa shape index (κ1) is 17.9. The van der Waals surface area contributed by atoms with E-state index in [4.69, 9.17) is 0 Å². The summed E-state index contributed by atoms with van der Waals surface area (Å²) >= 11 is 0. The fourth-order valence-corrected chi connectivity index (χ4v) is 1.92. The number of hydrogen-bond acceptors (Lipinski definition) is 4. The van der Waals surface area contributed by atoms with Gasteiger partial charge in [-0.1, -0.05) is 0 Å². The molecule has 108 valence electrons. The highest BCUT2D eigenvalue weighted by atomic mass is 35.5. The molecule has 0 spiro atoms. The Morgan fingerprint density at radius 2 is 2.00 bits per heavy atom. The van der Waals surface area contributed by atoms with Gasteiger partial charge in [0.2, 0.25) is 0 Å². The van der Waals surface area contributed by atoms with Crippen molar-refractivity contribution < 1.29 is 4.79 Å². The van der Waals surface area contributed by atoms with Crippen molar-refractivity contribution in [2.24, 2.45) is 0 Å². The minimum atomic E-state index is -0.0972. The van der Waals surface area contributed by atoms with Gasteiger partial charge in [0.05, 0.1) is 6.20 Å². The number of carbonyl (C=O) groups excluding carboxylic acids is 1. The van der Waals surface area contributed by atoms with Crippen LogP contribution in [0.25, 0.3) is 0 Å². The largest absolute Gasteiger partial charge is 0.324 e. The van der Waals surface area contributed by atoms with Crippen LogP contribution >= 0.6 is 24.8 Å². The van der Waals surface area contributed by atoms with Crippen LogP contribution < -0.4 is 10.6 Å². The average Bonchev–Trinajstić information content (AvgIpc) is 2.40. The average molecular weight is 308 g/mol. The number of anilines is 1. The van der Waals surface area contributed by atoms with E-state index in [1.807, 2.05) is 11.9 Å². The van der Waals surface area contributed by atoms with E-state index in [-0.39, 0.29) is 30.8 Å². The Kier molecular flexibility index (Phi) is 8.38. The summed E-state index contributed by atoms with van der Waals surface area (Å²) < 4.78 is 0. The standard InChI is InChI=1S/C11H17N5O.2ClH/c1-12-9-2-6-16(7-3-9)11(17)15-10-8-13-4-5-14-10;;/h4-5,8-9,12H,2-3,6-7H2,1H3,(H,14,15,17);2*1H. The van der Waals surface area contributed by atoms with Gasteiger partial charge in [-0.3, -0.25) is 10.3 Å². The quantitative estimate of drug-likeness (QED) is 0.869. The number of amides is 2. The smallest absolute Gasteiger partial charge is 0.323 e. The lowest BCUT2D eigenvalue weighted by Crippen LogP contribution is -2.45. The third kappa shape index (κ3) is 5.18. The molecule has 2 heterocycles. The highest BCUT2D eigenvalue weighted by Gasteiger charge is 2.21. The molecule has 1 aromatic heterocycles. The topological polar surface area (TPSA) is 70.2 Å². The summed E-state index contributed by atoms with van der Waals surface area (Å²) in [7, 11) is 1.96. The summed E-state index contributed by atoms with van der Waals surface area (Å²) in [5, 5.41) is 5.97. The molecule has 2 N–H and O–H groups in total. The number of rotatable bonds is 2. The number of nitrogens with zero attached hydrogens (tertiary/aromatic N) is 3. The fraction of sp³-hybridized carbons (Fsp3) is 0.545. The maximum Gasteiger partial charge on any atom is 0.323 e. The lowest BCUT2D eigenvalue weighted by molar-refractivity contribution is 0.190. The number of likely N-dealkylation sites (tertiary alicyclic amines) is 1. The van der Waals surface area contributed by atoms with Gasteiger partial charge >= 0.3 is 6.03 Å². The molecular formula is C11H19Cl2N5O. The van der Waals surface area contributed by atoms with Crippen LogP contribution in [0, 0.1) is 0 Å². The van der Waals surface area contributed by atoms with Gasteiger partial charge in [-0.2, -0.15) is 0 Å². The molecule has 1 aromatic rings. The fourth-order valence-electron chi connectivity index (χ4n) is 1.92. The number of halogens is 2. The number of nitrogens with one attached hydrogen (secondary N) is 2. The van der Waals surface area contributed by atoms with E-state index in [0.29, 0.717) is 11.9 Å². The van der Waals surface area contributed by atoms with Gasteiger partial charge in [-0.05, 0) is 19.9 Å². The molecule has 6 nitrogen and oxygen atoms in total. The van der Waals surface area contributed by atoms with Gasteiger partial charge < -0.3 is 10.2 Å². The van der Waals surface area contributed by atoms with Gasteiger partial charge in [0.25, 0.3) is 0 Å². The number of piperidine rings is 1. The molecule has 8 heteroatoms. The van der Waals surface area contributed by atoms with E-state index in [0.717, 1.165) is 25.9 Å². The second-order valence-electron chi connectivity index (χ2n) is 4.07. The van der Waals surface area contributed by atoms with Gasteiger partial charge in [0.15, 0.2) is 5.82 Å². The Hall–Kier alpha value is -1.11. The van der Waals surface area contributed by atoms with Crippen LogP contribution in [0.15, 0.2) is 18.6 Å². The Balaban J connectivity index is 0.00000162. The van der Waals surface area contributed by atoms with Crippen molar-refractivity contribution in [2.75, 3.05) is 25.5 Å². The van der Waals surface area contributed by atoms with Crippen molar-refractivity contribution in [1.29, 1.82) is 0 Å². The Labute approximate surface area is 125 Å². The number of aromatic nitrogens is 2. The first-order valence-electron chi connectivity index (χ1n) is 5.79. The SMILES string of the molecule is CNC1CCN(C(=O)Nc2cnccn2)CC1.Cl.Cl. The molecule has 0 aliphatic carbocycles. The molecule has 0 aromatic carbocycles. The molecule has 1 aliphatic rings. The number of urea groups is 1. The zero-order valence-electron chi connectivity index (χ0n) is 10.7. The van der Waals surface area contributed by atoms with Gasteiger partial charge in [-0.15, -0.1) is 24.8 Å². The van der Waals surface area contributed by atoms with E-state index in [1.54, 1.807) is 12.4 Å². The van der Waals surface area contributed by atoms with Crippen LogP contribution in [-0.4, -0.2) is 47.1 Å². The summed E-state index contributed by atoms with van der Waals surface area (Å²) in [6.07, 6.45) is 6.66. The third-order valence-electron chi connectivity index (χ3n) is 2.99. The van der Waals surface area contributed by atoms with Crippen LogP contribution in [0.1, 0.15) is 12.8 Å². The molecule has 0 saturated carbocycles. The second kappa shape index (κ2) is 8.90. The van der Waals surface area contributed by atoms with Crippen molar-refractivity contribution in [2.45, 2.75) is 18.9 Å². The molecule has 1 aliphatic heterocycles. The van der Waals surface area contributed by atoms with Crippen molar-refractivity contribution in [3.05, 3.63) is 18.6 Å². The van der Waals surface area contributed by atoms with Gasteiger partial charge in [-0.25, -0.2) is 9.78 Å². The van der Waals surface area contributed by atoms with Crippen LogP contribution in [0.4, 0.5) is 10.6 Å². The molecule has 2 rings (SSSR count). The van der Waals surface area contributed by atoms with Gasteiger partial charge in [0, 0.05) is 31.5 Å². The number of carbonyl (C=O) groups is 1. The van der Waals surface area contributed by atoms with Crippen molar-refractivity contribution in [3.8, 4) is 0 Å². The monoisotopic (exact) mass is 307 g/mol. The highest BCUT2D eigenvalue weighted by Crippen LogP contribution is 2.11. The molecule has 0 bridgehead atoms. The van der Waals surface area contributed by atoms with Crippen LogP contribution in [0.2, 0.25) is 0 Å². The lowest BCUT2D eigenvalue weighted by atomic mass is 10.1. The molecule has 0 atom stereocenters. The van der Waals surface area contributed by atoms with Crippen LogP contribution in [-0.2, 0) is 0 Å². The molecule has 2 amide bonds. The molecule has 1 fully saturated rings. The van der Waals surface area contributed by atoms with Crippen molar-refractivity contribution >= 4 is 36.7 Å². The predicted molar refractivity (Wildman–Crippen MR) is 79.2 cm³/mol. The normalized spacial score (nSPS) is 15.1. The predicted octanol–water partition coefficient (Wildman–Crippen LogP) is 1.54. The minimum absolute atomic E-state index is 0. The van der Waals surface area contributed by atoms with Crippen molar-refractivity contribution in [1.82, 2.24) is 20.2 Å².